The Morgan fingerprint density at radius 3 is 2.63 bits per heavy atom. The minimum absolute atomic E-state index is 0.0387. The van der Waals surface area contributed by atoms with Gasteiger partial charge in [-0.3, -0.25) is 9.59 Å². The van der Waals surface area contributed by atoms with E-state index < -0.39 is 30.4 Å². The number of carbonyl (C=O) groups excluding carboxylic acids is 3. The zero-order chi connectivity index (χ0) is 19.4. The third kappa shape index (κ3) is 4.13. The molecule has 0 saturated carbocycles. The summed E-state index contributed by atoms with van der Waals surface area (Å²) in [6.07, 6.45) is 2.15. The third-order valence-electron chi connectivity index (χ3n) is 4.44. The standard InChI is InChI=1S/C18H21N5O4/c1-12-16(21-23(20-12)13-7-3-2-4-8-13)18(26)27-11-15(24)22-10-6-5-9-14(22)17(19)25/h2-4,7-8,14H,5-6,9-11H2,1H3,(H2,19,25)/t14-/m0/s1. The number of likely N-dealkylation sites (tertiary alicyclic amines) is 1. The Kier molecular flexibility index (Phi) is 5.49. The molecule has 1 atom stereocenters. The van der Waals surface area contributed by atoms with E-state index in [2.05, 4.69) is 10.2 Å². The number of esters is 1. The molecule has 2 amide bonds. The molecule has 2 heterocycles. The largest absolute Gasteiger partial charge is 0.451 e. The molecule has 142 valence electrons. The molecule has 9 heteroatoms. The smallest absolute Gasteiger partial charge is 0.361 e. The maximum Gasteiger partial charge on any atom is 0.361 e. The van der Waals surface area contributed by atoms with Crippen molar-refractivity contribution in [3.63, 3.8) is 0 Å². The maximum atomic E-state index is 12.4. The number of hydrogen-bond donors (Lipinski definition) is 1. The summed E-state index contributed by atoms with van der Waals surface area (Å²) in [6, 6.07) is 8.49. The number of hydrogen-bond acceptors (Lipinski definition) is 6. The number of para-hydroxylation sites is 1. The summed E-state index contributed by atoms with van der Waals surface area (Å²) in [6.45, 7) is 1.59. The Morgan fingerprint density at radius 2 is 1.93 bits per heavy atom. The summed E-state index contributed by atoms with van der Waals surface area (Å²) in [7, 11) is 0. The zero-order valence-electron chi connectivity index (χ0n) is 15.0. The van der Waals surface area contributed by atoms with Crippen molar-refractivity contribution < 1.29 is 19.1 Å². The van der Waals surface area contributed by atoms with E-state index in [4.69, 9.17) is 10.5 Å². The molecule has 0 spiro atoms. The first kappa shape index (κ1) is 18.6. The predicted octanol–water partition coefficient (Wildman–Crippen LogP) is 0.599. The number of nitrogens with zero attached hydrogens (tertiary/aromatic N) is 4. The number of aryl methyl sites for hydroxylation is 1. The molecule has 0 bridgehead atoms. The van der Waals surface area contributed by atoms with Gasteiger partial charge in [0.05, 0.1) is 11.4 Å². The SMILES string of the molecule is Cc1nn(-c2ccccc2)nc1C(=O)OCC(=O)N1CCCC[C@H]1C(N)=O. The van der Waals surface area contributed by atoms with E-state index in [0.717, 1.165) is 12.8 Å². The van der Waals surface area contributed by atoms with Gasteiger partial charge < -0.3 is 15.4 Å². The van der Waals surface area contributed by atoms with Gasteiger partial charge >= 0.3 is 5.97 Å². The highest BCUT2D eigenvalue weighted by molar-refractivity contribution is 5.91. The van der Waals surface area contributed by atoms with Crippen LogP contribution in [0.3, 0.4) is 0 Å². The van der Waals surface area contributed by atoms with Crippen molar-refractivity contribution in [1.82, 2.24) is 19.9 Å². The molecule has 2 aromatic rings. The number of carbonyl (C=O) groups is 3. The Balaban J connectivity index is 1.65. The minimum Gasteiger partial charge on any atom is -0.451 e. The normalized spacial score (nSPS) is 16.8. The van der Waals surface area contributed by atoms with Gasteiger partial charge in [0, 0.05) is 6.54 Å². The quantitative estimate of drug-likeness (QED) is 0.769. The first-order valence-corrected chi connectivity index (χ1v) is 8.72. The van der Waals surface area contributed by atoms with Crippen LogP contribution in [0, 0.1) is 6.92 Å². The van der Waals surface area contributed by atoms with Gasteiger partial charge in [0.2, 0.25) is 5.91 Å². The van der Waals surface area contributed by atoms with Gasteiger partial charge in [0.25, 0.3) is 5.91 Å². The highest BCUT2D eigenvalue weighted by Crippen LogP contribution is 2.17. The molecule has 0 unspecified atom stereocenters. The molecule has 2 N–H and O–H groups in total. The van der Waals surface area contributed by atoms with Crippen LogP contribution in [0.4, 0.5) is 0 Å². The Bertz CT molecular complexity index is 849. The molecule has 1 aromatic heterocycles. The second kappa shape index (κ2) is 7.98. The van der Waals surface area contributed by atoms with Gasteiger partial charge in [0.1, 0.15) is 6.04 Å². The van der Waals surface area contributed by atoms with Crippen molar-refractivity contribution in [2.75, 3.05) is 13.2 Å². The van der Waals surface area contributed by atoms with Crippen LogP contribution in [0.25, 0.3) is 5.69 Å². The molecule has 1 saturated heterocycles. The molecule has 1 aromatic carbocycles. The zero-order valence-corrected chi connectivity index (χ0v) is 15.0. The molecule has 1 aliphatic rings. The lowest BCUT2D eigenvalue weighted by atomic mass is 10.0. The fourth-order valence-corrected chi connectivity index (χ4v) is 3.05. The summed E-state index contributed by atoms with van der Waals surface area (Å²) in [5, 5.41) is 8.35. The molecule has 1 fully saturated rings. The van der Waals surface area contributed by atoms with Crippen molar-refractivity contribution in [2.45, 2.75) is 32.2 Å². The van der Waals surface area contributed by atoms with Crippen LogP contribution in [0.1, 0.15) is 35.4 Å². The number of primary amides is 1. The molecule has 9 nitrogen and oxygen atoms in total. The fourth-order valence-electron chi connectivity index (χ4n) is 3.05. The number of benzene rings is 1. The monoisotopic (exact) mass is 371 g/mol. The van der Waals surface area contributed by atoms with Crippen LogP contribution in [-0.4, -0.2) is 56.9 Å². The van der Waals surface area contributed by atoms with Crippen LogP contribution < -0.4 is 5.73 Å². The van der Waals surface area contributed by atoms with Crippen LogP contribution in [0.5, 0.6) is 0 Å². The lowest BCUT2D eigenvalue weighted by Crippen LogP contribution is -2.51. The molecule has 0 aliphatic carbocycles. The summed E-state index contributed by atoms with van der Waals surface area (Å²) in [4.78, 5) is 38.9. The fraction of sp³-hybridized carbons (Fsp3) is 0.389. The van der Waals surface area contributed by atoms with Crippen molar-refractivity contribution in [2.24, 2.45) is 5.73 Å². The molecule has 0 radical (unpaired) electrons. The summed E-state index contributed by atoms with van der Waals surface area (Å²) in [5.74, 6) is -1.73. The van der Waals surface area contributed by atoms with E-state index in [9.17, 15) is 14.4 Å². The van der Waals surface area contributed by atoms with Gasteiger partial charge in [-0.15, -0.1) is 5.10 Å². The Labute approximate surface area is 156 Å². The van der Waals surface area contributed by atoms with Crippen LogP contribution in [-0.2, 0) is 14.3 Å². The number of piperidine rings is 1. The third-order valence-corrected chi connectivity index (χ3v) is 4.44. The molecular weight excluding hydrogens is 350 g/mol. The number of ether oxygens (including phenoxy) is 1. The number of nitrogens with two attached hydrogens (primary N) is 1. The number of aromatic nitrogens is 3. The Hall–Kier alpha value is -3.23. The second-order valence-electron chi connectivity index (χ2n) is 6.34. The van der Waals surface area contributed by atoms with Gasteiger partial charge in [-0.25, -0.2) is 4.79 Å². The van der Waals surface area contributed by atoms with Gasteiger partial charge in [-0.1, -0.05) is 18.2 Å². The van der Waals surface area contributed by atoms with Crippen molar-refractivity contribution >= 4 is 17.8 Å². The van der Waals surface area contributed by atoms with Gasteiger partial charge in [-0.2, -0.15) is 9.90 Å². The van der Waals surface area contributed by atoms with E-state index in [1.807, 2.05) is 18.2 Å². The van der Waals surface area contributed by atoms with E-state index in [-0.39, 0.29) is 5.69 Å². The maximum absolute atomic E-state index is 12.4. The summed E-state index contributed by atoms with van der Waals surface area (Å²) in [5.41, 5.74) is 6.49. The molecule has 27 heavy (non-hydrogen) atoms. The lowest BCUT2D eigenvalue weighted by Gasteiger charge is -2.33. The predicted molar refractivity (Wildman–Crippen MR) is 94.9 cm³/mol. The molecule has 1 aliphatic heterocycles. The average molecular weight is 371 g/mol. The van der Waals surface area contributed by atoms with E-state index >= 15 is 0 Å². The highest BCUT2D eigenvalue weighted by atomic mass is 16.5. The van der Waals surface area contributed by atoms with Crippen molar-refractivity contribution in [3.8, 4) is 5.69 Å². The summed E-state index contributed by atoms with van der Waals surface area (Å²) < 4.78 is 5.10. The van der Waals surface area contributed by atoms with E-state index in [0.29, 0.717) is 24.3 Å². The van der Waals surface area contributed by atoms with Gasteiger partial charge in [0.15, 0.2) is 12.3 Å². The highest BCUT2D eigenvalue weighted by Gasteiger charge is 2.31. The van der Waals surface area contributed by atoms with Crippen LogP contribution >= 0.6 is 0 Å². The first-order chi connectivity index (χ1) is 13.0. The first-order valence-electron chi connectivity index (χ1n) is 8.72. The number of amides is 2. The Morgan fingerprint density at radius 1 is 1.19 bits per heavy atom. The second-order valence-corrected chi connectivity index (χ2v) is 6.34. The van der Waals surface area contributed by atoms with Gasteiger partial charge in [-0.05, 0) is 38.3 Å². The van der Waals surface area contributed by atoms with Crippen molar-refractivity contribution in [1.29, 1.82) is 0 Å². The average Bonchev–Trinajstić information content (AvgIpc) is 3.08. The molecule has 3 rings (SSSR count). The van der Waals surface area contributed by atoms with E-state index in [1.54, 1.807) is 19.1 Å². The van der Waals surface area contributed by atoms with Crippen LogP contribution in [0.15, 0.2) is 30.3 Å². The summed E-state index contributed by atoms with van der Waals surface area (Å²) >= 11 is 0. The van der Waals surface area contributed by atoms with Crippen molar-refractivity contribution in [3.05, 3.63) is 41.7 Å². The molecular formula is C18H21N5O4. The van der Waals surface area contributed by atoms with Crippen LogP contribution in [0.2, 0.25) is 0 Å². The van der Waals surface area contributed by atoms with E-state index in [1.165, 1.54) is 9.70 Å². The topological polar surface area (TPSA) is 120 Å². The lowest BCUT2D eigenvalue weighted by molar-refractivity contribution is -0.143. The number of rotatable bonds is 5. The minimum atomic E-state index is -0.740.